The van der Waals surface area contributed by atoms with Gasteiger partial charge in [-0.25, -0.2) is 5.43 Å². The van der Waals surface area contributed by atoms with Gasteiger partial charge in [0.2, 0.25) is 4.80 Å². The lowest BCUT2D eigenvalue weighted by atomic mass is 10.3. The van der Waals surface area contributed by atoms with Gasteiger partial charge in [-0.3, -0.25) is 4.79 Å². The van der Waals surface area contributed by atoms with Gasteiger partial charge in [0.25, 0.3) is 5.91 Å². The Bertz CT molecular complexity index is 845. The number of amides is 1. The SMILES string of the molecule is Cn1c(=NNC(=O)c2cc(Cl)c[nH]2)sc2ccccc21. The highest BCUT2D eigenvalue weighted by Gasteiger charge is 2.07. The van der Waals surface area contributed by atoms with Gasteiger partial charge in [0.05, 0.1) is 15.2 Å². The molecule has 0 saturated heterocycles. The lowest BCUT2D eigenvalue weighted by Gasteiger charge is -1.96. The molecule has 0 spiro atoms. The first-order valence-corrected chi connectivity index (χ1v) is 7.07. The smallest absolute Gasteiger partial charge is 0.287 e. The third-order valence-electron chi connectivity index (χ3n) is 2.86. The second-order valence-electron chi connectivity index (χ2n) is 4.20. The Hall–Kier alpha value is -2.05. The molecule has 2 N–H and O–H groups in total. The average Bonchev–Trinajstić information content (AvgIpc) is 3.01. The lowest BCUT2D eigenvalue weighted by molar-refractivity contribution is 0.0948. The number of hydrogen-bond donors (Lipinski definition) is 2. The number of aromatic amines is 1. The predicted octanol–water partition coefficient (Wildman–Crippen LogP) is 2.47. The molecule has 5 nitrogen and oxygen atoms in total. The summed E-state index contributed by atoms with van der Waals surface area (Å²) in [6, 6.07) is 9.53. The third-order valence-corrected chi connectivity index (χ3v) is 4.19. The number of aromatic nitrogens is 2. The number of rotatable bonds is 2. The zero-order valence-electron chi connectivity index (χ0n) is 10.6. The quantitative estimate of drug-likeness (QED) is 0.702. The second kappa shape index (κ2) is 5.15. The van der Waals surface area contributed by atoms with E-state index >= 15 is 0 Å². The van der Waals surface area contributed by atoms with Gasteiger partial charge in [-0.1, -0.05) is 35.1 Å². The van der Waals surface area contributed by atoms with Crippen LogP contribution in [0.15, 0.2) is 41.6 Å². The summed E-state index contributed by atoms with van der Waals surface area (Å²) in [7, 11) is 1.91. The Labute approximate surface area is 123 Å². The van der Waals surface area contributed by atoms with Gasteiger partial charge in [0, 0.05) is 13.2 Å². The minimum Gasteiger partial charge on any atom is -0.356 e. The Kier molecular flexibility index (Phi) is 3.33. The summed E-state index contributed by atoms with van der Waals surface area (Å²) < 4.78 is 3.05. The van der Waals surface area contributed by atoms with E-state index in [1.54, 1.807) is 12.3 Å². The fourth-order valence-electron chi connectivity index (χ4n) is 1.85. The van der Waals surface area contributed by atoms with Gasteiger partial charge in [-0.15, -0.1) is 5.10 Å². The molecule has 3 rings (SSSR count). The number of carbonyl (C=O) groups is 1. The molecular weight excluding hydrogens is 296 g/mol. The van der Waals surface area contributed by atoms with E-state index in [4.69, 9.17) is 11.6 Å². The summed E-state index contributed by atoms with van der Waals surface area (Å²) in [6.45, 7) is 0. The number of nitrogens with zero attached hydrogens (tertiary/aromatic N) is 2. The minimum atomic E-state index is -0.325. The molecule has 0 aliphatic heterocycles. The largest absolute Gasteiger partial charge is 0.356 e. The summed E-state index contributed by atoms with van der Waals surface area (Å²) in [5.74, 6) is -0.325. The van der Waals surface area contributed by atoms with Crippen LogP contribution in [0.1, 0.15) is 10.5 Å². The van der Waals surface area contributed by atoms with Crippen molar-refractivity contribution in [2.75, 3.05) is 0 Å². The molecule has 0 bridgehead atoms. The van der Waals surface area contributed by atoms with Gasteiger partial charge in [0.15, 0.2) is 0 Å². The maximum Gasteiger partial charge on any atom is 0.287 e. The van der Waals surface area contributed by atoms with Crippen molar-refractivity contribution in [3.63, 3.8) is 0 Å². The van der Waals surface area contributed by atoms with Gasteiger partial charge >= 0.3 is 0 Å². The highest BCUT2D eigenvalue weighted by molar-refractivity contribution is 7.16. The number of hydrogen-bond acceptors (Lipinski definition) is 3. The molecule has 0 atom stereocenters. The first-order chi connectivity index (χ1) is 9.65. The minimum absolute atomic E-state index is 0.325. The Morgan fingerprint density at radius 1 is 1.45 bits per heavy atom. The number of aryl methyl sites for hydroxylation is 1. The van der Waals surface area contributed by atoms with Crippen LogP contribution in [0.4, 0.5) is 0 Å². The molecule has 0 radical (unpaired) electrons. The number of fused-ring (bicyclic) bond motifs is 1. The Morgan fingerprint density at radius 3 is 2.95 bits per heavy atom. The maximum atomic E-state index is 11.9. The topological polar surface area (TPSA) is 62.2 Å². The lowest BCUT2D eigenvalue weighted by Crippen LogP contribution is -2.23. The van der Waals surface area contributed by atoms with Gasteiger partial charge in [-0.2, -0.15) is 0 Å². The molecule has 102 valence electrons. The Morgan fingerprint density at radius 2 is 2.25 bits per heavy atom. The molecule has 0 aliphatic rings. The van der Waals surface area contributed by atoms with Crippen molar-refractivity contribution >= 4 is 39.1 Å². The van der Waals surface area contributed by atoms with Crippen LogP contribution >= 0.6 is 22.9 Å². The van der Waals surface area contributed by atoms with Crippen molar-refractivity contribution in [2.24, 2.45) is 12.1 Å². The van der Waals surface area contributed by atoms with Crippen LogP contribution in [0.2, 0.25) is 5.02 Å². The average molecular weight is 307 g/mol. The summed E-state index contributed by atoms with van der Waals surface area (Å²) in [5.41, 5.74) is 3.97. The first-order valence-electron chi connectivity index (χ1n) is 5.88. The normalized spacial score (nSPS) is 12.0. The molecule has 2 heterocycles. The van der Waals surface area contributed by atoms with Crippen LogP contribution < -0.4 is 10.2 Å². The van der Waals surface area contributed by atoms with Gasteiger partial charge in [0.1, 0.15) is 5.69 Å². The van der Waals surface area contributed by atoms with Crippen molar-refractivity contribution in [3.05, 3.63) is 52.0 Å². The first kappa shape index (κ1) is 13.0. The van der Waals surface area contributed by atoms with Crippen LogP contribution in [0.25, 0.3) is 10.2 Å². The van der Waals surface area contributed by atoms with Crippen molar-refractivity contribution in [3.8, 4) is 0 Å². The number of nitrogens with one attached hydrogen (secondary N) is 2. The zero-order chi connectivity index (χ0) is 14.1. The third kappa shape index (κ3) is 2.35. The molecule has 0 fully saturated rings. The van der Waals surface area contributed by atoms with E-state index in [0.717, 1.165) is 15.0 Å². The van der Waals surface area contributed by atoms with Crippen LogP contribution in [-0.2, 0) is 7.05 Å². The standard InChI is InChI=1S/C13H11ClN4OS/c1-18-10-4-2-3-5-11(10)20-13(18)17-16-12(19)9-6-8(14)7-15-9/h2-7,15H,1H3,(H,16,19). The highest BCUT2D eigenvalue weighted by atomic mass is 35.5. The van der Waals surface area contributed by atoms with Crippen molar-refractivity contribution in [1.29, 1.82) is 0 Å². The molecule has 0 unspecified atom stereocenters. The maximum absolute atomic E-state index is 11.9. The van der Waals surface area contributed by atoms with E-state index in [9.17, 15) is 4.79 Å². The van der Waals surface area contributed by atoms with Crippen molar-refractivity contribution in [2.45, 2.75) is 0 Å². The summed E-state index contributed by atoms with van der Waals surface area (Å²) in [4.78, 5) is 15.4. The number of carbonyl (C=O) groups excluding carboxylic acids is 1. The van der Waals surface area contributed by atoms with E-state index in [2.05, 4.69) is 15.5 Å². The van der Waals surface area contributed by atoms with Gasteiger partial charge in [-0.05, 0) is 18.2 Å². The molecule has 1 amide bonds. The van der Waals surface area contributed by atoms with E-state index in [1.807, 2.05) is 35.9 Å². The molecule has 7 heteroatoms. The van der Waals surface area contributed by atoms with Crippen LogP contribution in [0.5, 0.6) is 0 Å². The van der Waals surface area contributed by atoms with Crippen LogP contribution in [0, 0.1) is 0 Å². The van der Waals surface area contributed by atoms with E-state index in [0.29, 0.717) is 10.7 Å². The highest BCUT2D eigenvalue weighted by Crippen LogP contribution is 2.15. The zero-order valence-corrected chi connectivity index (χ0v) is 12.1. The van der Waals surface area contributed by atoms with Crippen LogP contribution in [-0.4, -0.2) is 15.5 Å². The number of H-pyrrole nitrogens is 1. The molecule has 1 aromatic carbocycles. The summed E-state index contributed by atoms with van der Waals surface area (Å²) in [6.07, 6.45) is 1.55. The number of benzene rings is 1. The fraction of sp³-hybridized carbons (Fsp3) is 0.0769. The molecule has 2 aromatic heterocycles. The fourth-order valence-corrected chi connectivity index (χ4v) is 2.99. The predicted molar refractivity (Wildman–Crippen MR) is 79.6 cm³/mol. The van der Waals surface area contributed by atoms with E-state index < -0.39 is 0 Å². The number of halogens is 1. The molecular formula is C13H11ClN4OS. The Balaban J connectivity index is 1.91. The molecule has 0 saturated carbocycles. The number of para-hydroxylation sites is 1. The van der Waals surface area contributed by atoms with Crippen molar-refractivity contribution in [1.82, 2.24) is 15.0 Å². The van der Waals surface area contributed by atoms with E-state index in [-0.39, 0.29) is 5.91 Å². The second-order valence-corrected chi connectivity index (χ2v) is 5.64. The molecule has 20 heavy (non-hydrogen) atoms. The molecule has 3 aromatic rings. The monoisotopic (exact) mass is 306 g/mol. The molecule has 0 aliphatic carbocycles. The summed E-state index contributed by atoms with van der Waals surface area (Å²) in [5, 5.41) is 4.64. The van der Waals surface area contributed by atoms with E-state index in [1.165, 1.54) is 11.3 Å². The summed E-state index contributed by atoms with van der Waals surface area (Å²) >= 11 is 7.27. The number of thiazole rings is 1. The van der Waals surface area contributed by atoms with Crippen molar-refractivity contribution < 1.29 is 4.79 Å². The van der Waals surface area contributed by atoms with Gasteiger partial charge < -0.3 is 9.55 Å². The van der Waals surface area contributed by atoms with Crippen LogP contribution in [0.3, 0.4) is 0 Å².